The maximum atomic E-state index is 10.6. The van der Waals surface area contributed by atoms with E-state index in [1.807, 2.05) is 0 Å². The van der Waals surface area contributed by atoms with Gasteiger partial charge in [-0.05, 0) is 18.2 Å². The van der Waals surface area contributed by atoms with Crippen molar-refractivity contribution >= 4 is 13.5 Å². The molecule has 0 aliphatic carbocycles. The van der Waals surface area contributed by atoms with E-state index in [1.54, 1.807) is 12.1 Å². The third-order valence-electron chi connectivity index (χ3n) is 2.23. The van der Waals surface area contributed by atoms with Gasteiger partial charge in [0.25, 0.3) is 0 Å². The van der Waals surface area contributed by atoms with Crippen molar-refractivity contribution in [3.63, 3.8) is 0 Å². The Labute approximate surface area is 109 Å². The topological polar surface area (TPSA) is 126 Å². The largest absolute Gasteiger partial charge is 0.469 e. The van der Waals surface area contributed by atoms with Gasteiger partial charge < -0.3 is 19.6 Å². The van der Waals surface area contributed by atoms with Crippen LogP contribution >= 0.6 is 7.82 Å². The summed E-state index contributed by atoms with van der Waals surface area (Å²) >= 11 is 0. The first-order valence-corrected chi connectivity index (χ1v) is 6.78. The highest BCUT2D eigenvalue weighted by atomic mass is 31.2. The highest BCUT2D eigenvalue weighted by Gasteiger charge is 2.27. The number of phosphoric ester groups is 1. The summed E-state index contributed by atoms with van der Waals surface area (Å²) in [4.78, 5) is 27.5. The summed E-state index contributed by atoms with van der Waals surface area (Å²) in [7, 11) is -4.57. The van der Waals surface area contributed by atoms with Gasteiger partial charge in [0, 0.05) is 5.56 Å². The zero-order valence-electron chi connectivity index (χ0n) is 10.1. The molecule has 3 N–H and O–H groups in total. The molecule has 1 aromatic rings. The van der Waals surface area contributed by atoms with Crippen LogP contribution in [-0.4, -0.2) is 28.1 Å². The quantitative estimate of drug-likeness (QED) is 0.300. The highest BCUT2D eigenvalue weighted by molar-refractivity contribution is 7.46. The molecule has 0 spiro atoms. The number of benzene rings is 1. The molecule has 0 aliphatic heterocycles. The van der Waals surface area contributed by atoms with Crippen LogP contribution in [0.3, 0.4) is 0 Å². The standard InChI is InChI=1S/C10H14NO7P/c1-10(12,17-6-7-18-19(14,15)16)8-4-2-3-5-9(8)11-13/h2-5,12H,6-7H2,1H3,(H2,14,15,16). The van der Waals surface area contributed by atoms with Crippen LogP contribution in [0.1, 0.15) is 12.5 Å². The monoisotopic (exact) mass is 291 g/mol. The Bertz CT molecular complexity index is 485. The van der Waals surface area contributed by atoms with Crippen LogP contribution in [0.2, 0.25) is 0 Å². The lowest BCUT2D eigenvalue weighted by Crippen LogP contribution is -2.27. The number of hydrogen-bond donors (Lipinski definition) is 3. The lowest BCUT2D eigenvalue weighted by atomic mass is 10.1. The first-order chi connectivity index (χ1) is 8.76. The summed E-state index contributed by atoms with van der Waals surface area (Å²) in [6.45, 7) is 0.608. The van der Waals surface area contributed by atoms with Crippen LogP contribution in [0.15, 0.2) is 29.4 Å². The number of hydrogen-bond acceptors (Lipinski definition) is 6. The van der Waals surface area contributed by atoms with E-state index in [4.69, 9.17) is 14.5 Å². The predicted molar refractivity (Wildman–Crippen MR) is 65.4 cm³/mol. The molecule has 8 nitrogen and oxygen atoms in total. The lowest BCUT2D eigenvalue weighted by molar-refractivity contribution is -0.201. The normalized spacial score (nSPS) is 14.9. The molecule has 19 heavy (non-hydrogen) atoms. The van der Waals surface area contributed by atoms with E-state index in [9.17, 15) is 14.6 Å². The maximum Gasteiger partial charge on any atom is 0.469 e. The Kier molecular flexibility index (Phi) is 5.30. The van der Waals surface area contributed by atoms with Gasteiger partial charge in [0.1, 0.15) is 5.69 Å². The fraction of sp³-hybridized carbons (Fsp3) is 0.400. The number of nitrogens with zero attached hydrogens (tertiary/aromatic N) is 1. The van der Waals surface area contributed by atoms with Crippen molar-refractivity contribution in [2.75, 3.05) is 13.2 Å². The number of ether oxygens (including phenoxy) is 1. The average molecular weight is 291 g/mol. The second kappa shape index (κ2) is 6.33. The van der Waals surface area contributed by atoms with Crippen molar-refractivity contribution in [2.24, 2.45) is 5.18 Å². The van der Waals surface area contributed by atoms with E-state index in [0.29, 0.717) is 0 Å². The zero-order chi connectivity index (χ0) is 14.5. The van der Waals surface area contributed by atoms with Crippen molar-refractivity contribution in [2.45, 2.75) is 12.7 Å². The number of nitroso groups, excluding NO2 is 1. The molecule has 9 heteroatoms. The molecule has 0 aliphatic rings. The SMILES string of the molecule is CC(O)(OCCOP(=O)(O)O)c1ccccc1N=O. The summed E-state index contributed by atoms with van der Waals surface area (Å²) in [5, 5.41) is 12.8. The molecule has 1 aromatic carbocycles. The Hall–Kier alpha value is -1.15. The van der Waals surface area contributed by atoms with Gasteiger partial charge >= 0.3 is 7.82 Å². The van der Waals surface area contributed by atoms with Crippen molar-refractivity contribution in [1.82, 2.24) is 0 Å². The fourth-order valence-electron chi connectivity index (χ4n) is 1.42. The molecule has 106 valence electrons. The van der Waals surface area contributed by atoms with Crippen LogP contribution in [0.5, 0.6) is 0 Å². The Morgan fingerprint density at radius 1 is 1.32 bits per heavy atom. The molecular formula is C10H14NO7P. The molecule has 1 unspecified atom stereocenters. The Balaban J connectivity index is 2.65. The summed E-state index contributed by atoms with van der Waals surface area (Å²) in [5.41, 5.74) is 0.171. The minimum atomic E-state index is -4.57. The molecule has 0 radical (unpaired) electrons. The summed E-state index contributed by atoms with van der Waals surface area (Å²) in [6.07, 6.45) is 0. The van der Waals surface area contributed by atoms with E-state index in [0.717, 1.165) is 0 Å². The molecule has 1 atom stereocenters. The van der Waals surface area contributed by atoms with Crippen LogP contribution in [0.25, 0.3) is 0 Å². The second-order valence-electron chi connectivity index (χ2n) is 3.76. The average Bonchev–Trinajstić information content (AvgIpc) is 2.33. The zero-order valence-corrected chi connectivity index (χ0v) is 11.0. The molecule has 0 amide bonds. The molecule has 0 saturated heterocycles. The van der Waals surface area contributed by atoms with Crippen LogP contribution in [0, 0.1) is 4.91 Å². The van der Waals surface area contributed by atoms with Gasteiger partial charge in [-0.2, -0.15) is 0 Å². The molecule has 0 saturated carbocycles. The van der Waals surface area contributed by atoms with Crippen LogP contribution in [0.4, 0.5) is 5.69 Å². The lowest BCUT2D eigenvalue weighted by Gasteiger charge is -2.24. The van der Waals surface area contributed by atoms with Crippen LogP contribution in [-0.2, 0) is 19.6 Å². The van der Waals surface area contributed by atoms with Gasteiger partial charge in [-0.25, -0.2) is 4.57 Å². The minimum absolute atomic E-state index is 0.0170. The van der Waals surface area contributed by atoms with Gasteiger partial charge in [0.2, 0.25) is 0 Å². The third-order valence-corrected chi connectivity index (χ3v) is 2.75. The molecule has 0 fully saturated rings. The van der Waals surface area contributed by atoms with Crippen molar-refractivity contribution in [3.05, 3.63) is 34.7 Å². The number of rotatable bonds is 7. The molecule has 0 bridgehead atoms. The minimum Gasteiger partial charge on any atom is -0.362 e. The van der Waals surface area contributed by atoms with Gasteiger partial charge in [-0.15, -0.1) is 4.91 Å². The van der Waals surface area contributed by atoms with Gasteiger partial charge in [-0.1, -0.05) is 18.2 Å². The first kappa shape index (κ1) is 15.9. The smallest absolute Gasteiger partial charge is 0.362 e. The van der Waals surface area contributed by atoms with E-state index in [-0.39, 0.29) is 17.9 Å². The predicted octanol–water partition coefficient (Wildman–Crippen LogP) is 1.38. The van der Waals surface area contributed by atoms with E-state index in [2.05, 4.69) is 9.70 Å². The van der Waals surface area contributed by atoms with Crippen LogP contribution < -0.4 is 0 Å². The number of phosphoric acid groups is 1. The molecule has 1 rings (SSSR count). The van der Waals surface area contributed by atoms with Gasteiger partial charge in [0.05, 0.1) is 13.2 Å². The highest BCUT2D eigenvalue weighted by Crippen LogP contribution is 2.36. The second-order valence-corrected chi connectivity index (χ2v) is 5.00. The Morgan fingerprint density at radius 3 is 2.53 bits per heavy atom. The molecule has 0 heterocycles. The van der Waals surface area contributed by atoms with Crippen molar-refractivity contribution in [3.8, 4) is 0 Å². The fourth-order valence-corrected chi connectivity index (χ4v) is 1.73. The molecule has 0 aromatic heterocycles. The van der Waals surface area contributed by atoms with Gasteiger partial charge in [0.15, 0.2) is 5.79 Å². The molecular weight excluding hydrogens is 277 g/mol. The summed E-state index contributed by atoms with van der Waals surface area (Å²) in [5.74, 6) is -1.82. The van der Waals surface area contributed by atoms with Crippen molar-refractivity contribution < 1.29 is 28.7 Å². The maximum absolute atomic E-state index is 10.6. The summed E-state index contributed by atoms with van der Waals surface area (Å²) in [6, 6.07) is 6.04. The van der Waals surface area contributed by atoms with E-state index >= 15 is 0 Å². The van der Waals surface area contributed by atoms with Crippen molar-refractivity contribution in [1.29, 1.82) is 0 Å². The van der Waals surface area contributed by atoms with Gasteiger partial charge in [-0.3, -0.25) is 4.52 Å². The van der Waals surface area contributed by atoms with E-state index in [1.165, 1.54) is 19.1 Å². The third kappa shape index (κ3) is 5.15. The first-order valence-electron chi connectivity index (χ1n) is 5.25. The summed E-state index contributed by atoms with van der Waals surface area (Å²) < 4.78 is 19.6. The van der Waals surface area contributed by atoms with E-state index < -0.39 is 20.2 Å². The Morgan fingerprint density at radius 2 is 1.95 bits per heavy atom. The number of aliphatic hydroxyl groups is 1.